The zero-order valence-corrected chi connectivity index (χ0v) is 26.2. The van der Waals surface area contributed by atoms with Gasteiger partial charge in [0.1, 0.15) is 0 Å². The monoisotopic (exact) mass is 602 g/mol. The molecule has 42 heavy (non-hydrogen) atoms. The lowest BCUT2D eigenvalue weighted by atomic mass is 9.91. The molecule has 232 valence electrons. The number of alkyl carbamates (subject to hydrolysis) is 1. The van der Waals surface area contributed by atoms with Gasteiger partial charge in [-0.2, -0.15) is 5.10 Å². The number of halogens is 1. The fourth-order valence-corrected chi connectivity index (χ4v) is 5.38. The molecular weight excluding hydrogens is 556 g/mol. The van der Waals surface area contributed by atoms with Gasteiger partial charge in [0, 0.05) is 42.5 Å². The van der Waals surface area contributed by atoms with Crippen molar-refractivity contribution in [3.8, 4) is 11.3 Å². The molecule has 11 nitrogen and oxygen atoms in total. The van der Waals surface area contributed by atoms with Crippen molar-refractivity contribution in [3.05, 3.63) is 23.1 Å². The summed E-state index contributed by atoms with van der Waals surface area (Å²) in [5, 5.41) is 17.6. The third-order valence-electron chi connectivity index (χ3n) is 7.70. The molecule has 4 N–H and O–H groups in total. The smallest absolute Gasteiger partial charge is 0.407 e. The van der Waals surface area contributed by atoms with E-state index in [1.165, 1.54) is 18.5 Å². The number of aromatic nitrogens is 4. The van der Waals surface area contributed by atoms with Crippen LogP contribution in [0.25, 0.3) is 11.3 Å². The molecule has 0 atom stereocenters. The largest absolute Gasteiger partial charge is 0.450 e. The summed E-state index contributed by atoms with van der Waals surface area (Å²) in [5.74, 6) is 1.33. The molecule has 2 saturated carbocycles. The number of unbranched alkanes of at least 4 members (excludes halogenated alkanes) is 2. The summed E-state index contributed by atoms with van der Waals surface area (Å²) in [6.45, 7) is 7.06. The van der Waals surface area contributed by atoms with Gasteiger partial charge in [-0.3, -0.25) is 9.48 Å². The molecule has 2 aliphatic carbocycles. The molecule has 0 spiro atoms. The number of nitrogens with one attached hydrogen (secondary N) is 4. The van der Waals surface area contributed by atoms with Crippen LogP contribution in [0.3, 0.4) is 0 Å². The Balaban J connectivity index is 1.10. The first-order chi connectivity index (χ1) is 20.1. The molecule has 2 aromatic rings. The Hall–Kier alpha value is -2.92. The Bertz CT molecular complexity index is 1190. The molecule has 0 aromatic carbocycles. The number of aryl methyl sites for hydroxylation is 1. The number of anilines is 1. The van der Waals surface area contributed by atoms with E-state index in [-0.39, 0.29) is 17.5 Å². The van der Waals surface area contributed by atoms with Gasteiger partial charge < -0.3 is 26.0 Å². The van der Waals surface area contributed by atoms with E-state index in [4.69, 9.17) is 21.3 Å². The summed E-state index contributed by atoms with van der Waals surface area (Å²) in [5.41, 5.74) is 2.59. The molecule has 2 amide bonds. The van der Waals surface area contributed by atoms with Gasteiger partial charge in [0.15, 0.2) is 0 Å². The molecule has 2 aliphatic rings. The van der Waals surface area contributed by atoms with E-state index >= 15 is 0 Å². The molecule has 0 radical (unpaired) electrons. The second-order valence-electron chi connectivity index (χ2n) is 12.7. The van der Waals surface area contributed by atoms with Crippen LogP contribution in [0.1, 0.15) is 84.3 Å². The first kappa shape index (κ1) is 32.0. The van der Waals surface area contributed by atoms with Crippen molar-refractivity contribution in [2.45, 2.75) is 103 Å². The van der Waals surface area contributed by atoms with Gasteiger partial charge in [-0.25, -0.2) is 14.8 Å². The van der Waals surface area contributed by atoms with Crippen molar-refractivity contribution in [3.63, 3.8) is 0 Å². The SMILES string of the molecule is Cn1ncc(-c2nc(NC3CCC(NCC(=O)NCCCCCOC(=O)NC(C)(C)C)CC3)ncc2Cl)c1CC1CC1. The number of nitrogens with zero attached hydrogens (tertiary/aromatic N) is 4. The molecule has 0 bridgehead atoms. The number of rotatable bonds is 14. The van der Waals surface area contributed by atoms with Crippen LogP contribution in [-0.4, -0.2) is 69.1 Å². The van der Waals surface area contributed by atoms with Crippen LogP contribution < -0.4 is 21.3 Å². The van der Waals surface area contributed by atoms with Crippen molar-refractivity contribution >= 4 is 29.5 Å². The molecule has 0 unspecified atom stereocenters. The molecular formula is C30H47ClN8O3. The summed E-state index contributed by atoms with van der Waals surface area (Å²) in [6, 6.07) is 0.585. The van der Waals surface area contributed by atoms with Crippen molar-refractivity contribution in [2.24, 2.45) is 13.0 Å². The van der Waals surface area contributed by atoms with Crippen LogP contribution in [0.5, 0.6) is 0 Å². The second-order valence-corrected chi connectivity index (χ2v) is 13.1. The van der Waals surface area contributed by atoms with E-state index in [1.807, 2.05) is 38.7 Å². The van der Waals surface area contributed by atoms with Gasteiger partial charge in [-0.1, -0.05) is 11.6 Å². The van der Waals surface area contributed by atoms with Gasteiger partial charge in [-0.15, -0.1) is 0 Å². The normalized spacial score (nSPS) is 18.9. The number of carbonyl (C=O) groups excluding carboxylic acids is 2. The van der Waals surface area contributed by atoms with Crippen LogP contribution >= 0.6 is 11.6 Å². The van der Waals surface area contributed by atoms with E-state index in [0.29, 0.717) is 36.7 Å². The zero-order chi connectivity index (χ0) is 30.1. The van der Waals surface area contributed by atoms with Crippen molar-refractivity contribution in [1.82, 2.24) is 35.7 Å². The molecule has 2 heterocycles. The van der Waals surface area contributed by atoms with Crippen LogP contribution in [0.4, 0.5) is 10.7 Å². The number of hydrogen-bond acceptors (Lipinski definition) is 8. The maximum Gasteiger partial charge on any atom is 0.407 e. The van der Waals surface area contributed by atoms with Gasteiger partial charge in [-0.05, 0) is 90.9 Å². The molecule has 2 aromatic heterocycles. The van der Waals surface area contributed by atoms with Gasteiger partial charge >= 0.3 is 6.09 Å². The lowest BCUT2D eigenvalue weighted by Crippen LogP contribution is -2.42. The predicted molar refractivity (Wildman–Crippen MR) is 164 cm³/mol. The second kappa shape index (κ2) is 15.0. The molecule has 12 heteroatoms. The third-order valence-corrected chi connectivity index (χ3v) is 7.98. The minimum absolute atomic E-state index is 0.00889. The average Bonchev–Trinajstić information content (AvgIpc) is 3.69. The Kier molecular flexibility index (Phi) is 11.4. The molecule has 2 fully saturated rings. The van der Waals surface area contributed by atoms with Gasteiger partial charge in [0.2, 0.25) is 11.9 Å². The number of carbonyl (C=O) groups is 2. The van der Waals surface area contributed by atoms with E-state index in [1.54, 1.807) is 6.20 Å². The van der Waals surface area contributed by atoms with Crippen LogP contribution in [0.15, 0.2) is 12.4 Å². The third kappa shape index (κ3) is 10.4. The minimum atomic E-state index is -0.391. The van der Waals surface area contributed by atoms with E-state index in [9.17, 15) is 9.59 Å². The van der Waals surface area contributed by atoms with Crippen molar-refractivity contribution < 1.29 is 14.3 Å². The van der Waals surface area contributed by atoms with Crippen LogP contribution in [0.2, 0.25) is 5.02 Å². The Labute approximate surface area is 254 Å². The highest BCUT2D eigenvalue weighted by Gasteiger charge is 2.27. The Morgan fingerprint density at radius 3 is 2.50 bits per heavy atom. The summed E-state index contributed by atoms with van der Waals surface area (Å²) in [6.07, 6.45) is 13.1. The highest BCUT2D eigenvalue weighted by Crippen LogP contribution is 2.37. The van der Waals surface area contributed by atoms with Gasteiger partial charge in [0.05, 0.1) is 36.3 Å². The standard InChI is InChI=1S/C30H47ClN8O3/c1-30(2,3)38-29(41)42-15-7-5-6-14-32-26(40)19-33-21-10-12-22(13-11-21)36-28-34-18-24(31)27(37-28)23-17-35-39(4)25(23)16-20-8-9-20/h17-18,20-22,33H,5-16,19H2,1-4H3,(H,32,40)(H,38,41)(H,34,36,37). The maximum atomic E-state index is 12.3. The summed E-state index contributed by atoms with van der Waals surface area (Å²) in [4.78, 5) is 33.1. The summed E-state index contributed by atoms with van der Waals surface area (Å²) < 4.78 is 7.10. The van der Waals surface area contributed by atoms with E-state index in [2.05, 4.69) is 31.3 Å². The lowest BCUT2D eigenvalue weighted by Gasteiger charge is -2.29. The quantitative estimate of drug-likeness (QED) is 0.230. The van der Waals surface area contributed by atoms with E-state index in [0.717, 1.165) is 68.5 Å². The average molecular weight is 603 g/mol. The fraction of sp³-hybridized carbons (Fsp3) is 0.700. The van der Waals surface area contributed by atoms with Crippen molar-refractivity contribution in [1.29, 1.82) is 0 Å². The van der Waals surface area contributed by atoms with E-state index < -0.39 is 6.09 Å². The Morgan fingerprint density at radius 1 is 1.05 bits per heavy atom. The summed E-state index contributed by atoms with van der Waals surface area (Å²) >= 11 is 6.53. The van der Waals surface area contributed by atoms with Crippen molar-refractivity contribution in [2.75, 3.05) is 25.0 Å². The number of hydrogen-bond donors (Lipinski definition) is 4. The molecule has 4 rings (SSSR count). The van der Waals surface area contributed by atoms with Gasteiger partial charge in [0.25, 0.3) is 0 Å². The first-order valence-corrected chi connectivity index (χ1v) is 15.7. The number of ether oxygens (including phenoxy) is 1. The molecule has 0 saturated heterocycles. The minimum Gasteiger partial charge on any atom is -0.450 e. The zero-order valence-electron chi connectivity index (χ0n) is 25.5. The molecule has 0 aliphatic heterocycles. The van der Waals surface area contributed by atoms with Crippen LogP contribution in [0, 0.1) is 5.92 Å². The lowest BCUT2D eigenvalue weighted by molar-refractivity contribution is -0.120. The maximum absolute atomic E-state index is 12.3. The predicted octanol–water partition coefficient (Wildman–Crippen LogP) is 4.61. The number of amides is 2. The topological polar surface area (TPSA) is 135 Å². The highest BCUT2D eigenvalue weighted by atomic mass is 35.5. The fourth-order valence-electron chi connectivity index (χ4n) is 5.19. The Morgan fingerprint density at radius 2 is 1.79 bits per heavy atom. The highest BCUT2D eigenvalue weighted by molar-refractivity contribution is 6.33. The van der Waals surface area contributed by atoms with Crippen LogP contribution in [-0.2, 0) is 23.0 Å². The summed E-state index contributed by atoms with van der Waals surface area (Å²) in [7, 11) is 1.97. The first-order valence-electron chi connectivity index (χ1n) is 15.3.